The molecule has 0 fully saturated rings. The average Bonchev–Trinajstić information content (AvgIpc) is 2.28. The number of rotatable bonds is 5. The predicted molar refractivity (Wildman–Crippen MR) is 68.7 cm³/mol. The first-order chi connectivity index (χ1) is 8.02. The van der Waals surface area contributed by atoms with E-state index in [1.54, 1.807) is 6.92 Å². The summed E-state index contributed by atoms with van der Waals surface area (Å²) in [5, 5.41) is 8.67. The smallest absolute Gasteiger partial charge is 0.164 e. The number of hydrogen-bond donors (Lipinski definition) is 0. The Morgan fingerprint density at radius 2 is 1.82 bits per heavy atom. The van der Waals surface area contributed by atoms with Crippen LogP contribution in [0.3, 0.4) is 0 Å². The Balaban J connectivity index is 2.68. The van der Waals surface area contributed by atoms with Crippen molar-refractivity contribution < 1.29 is 4.79 Å². The highest BCUT2D eigenvalue weighted by Gasteiger charge is 2.10. The van der Waals surface area contributed by atoms with Gasteiger partial charge in [-0.2, -0.15) is 5.26 Å². The summed E-state index contributed by atoms with van der Waals surface area (Å²) in [6, 6.07) is 9.82. The third-order valence-corrected chi connectivity index (χ3v) is 2.63. The predicted octanol–water partition coefficient (Wildman–Crippen LogP) is 3.62. The van der Waals surface area contributed by atoms with Crippen molar-refractivity contribution in [2.45, 2.75) is 33.6 Å². The van der Waals surface area contributed by atoms with E-state index in [0.29, 0.717) is 17.9 Å². The Morgan fingerprint density at radius 3 is 2.29 bits per heavy atom. The van der Waals surface area contributed by atoms with Gasteiger partial charge in [-0.25, -0.2) is 0 Å². The number of Topliss-reactive ketones (excluding diaryl/α,β-unsaturated/α-hetero) is 1. The fourth-order valence-electron chi connectivity index (χ4n) is 1.74. The van der Waals surface area contributed by atoms with Gasteiger partial charge in [-0.3, -0.25) is 4.79 Å². The molecule has 2 heteroatoms. The van der Waals surface area contributed by atoms with Crippen LogP contribution in [0.5, 0.6) is 0 Å². The summed E-state index contributed by atoms with van der Waals surface area (Å²) in [6.45, 7) is 6.12. The van der Waals surface area contributed by atoms with Gasteiger partial charge in [0.15, 0.2) is 5.78 Å². The van der Waals surface area contributed by atoms with E-state index in [-0.39, 0.29) is 11.7 Å². The zero-order valence-electron chi connectivity index (χ0n) is 10.7. The summed E-state index contributed by atoms with van der Waals surface area (Å²) in [5.74, 6) is 0.461. The number of hydrogen-bond acceptors (Lipinski definition) is 2. The molecule has 0 aromatic heterocycles. The molecule has 1 unspecified atom stereocenters. The molecule has 90 valence electrons. The molecule has 0 radical (unpaired) electrons. The fraction of sp³-hybridized carbons (Fsp3) is 0.467. The molecule has 1 aromatic rings. The lowest BCUT2D eigenvalue weighted by molar-refractivity contribution is 0.0973. The van der Waals surface area contributed by atoms with Gasteiger partial charge < -0.3 is 0 Å². The molecule has 1 rings (SSSR count). The van der Waals surface area contributed by atoms with E-state index in [4.69, 9.17) is 5.26 Å². The van der Waals surface area contributed by atoms with Crippen LogP contribution in [0, 0.1) is 23.2 Å². The zero-order chi connectivity index (χ0) is 12.8. The second-order valence-corrected chi connectivity index (χ2v) is 4.95. The molecule has 0 amide bonds. The Bertz CT molecular complexity index is 412. The van der Waals surface area contributed by atoms with Gasteiger partial charge in [0.25, 0.3) is 0 Å². The van der Waals surface area contributed by atoms with Crippen LogP contribution in [-0.4, -0.2) is 5.78 Å². The molecular weight excluding hydrogens is 210 g/mol. The molecule has 1 atom stereocenters. The van der Waals surface area contributed by atoms with E-state index in [0.717, 1.165) is 6.42 Å². The lowest BCUT2D eigenvalue weighted by Crippen LogP contribution is -2.04. The third-order valence-electron chi connectivity index (χ3n) is 2.63. The van der Waals surface area contributed by atoms with E-state index in [1.165, 1.54) is 5.56 Å². The van der Waals surface area contributed by atoms with Crippen molar-refractivity contribution in [3.63, 3.8) is 0 Å². The van der Waals surface area contributed by atoms with E-state index in [2.05, 4.69) is 19.9 Å². The van der Waals surface area contributed by atoms with E-state index in [1.807, 2.05) is 24.3 Å². The summed E-state index contributed by atoms with van der Waals surface area (Å²) >= 11 is 0. The Labute approximate surface area is 103 Å². The molecule has 0 aliphatic heterocycles. The highest BCUT2D eigenvalue weighted by atomic mass is 16.1. The minimum absolute atomic E-state index is 0.0511. The molecule has 2 nitrogen and oxygen atoms in total. The normalized spacial score (nSPS) is 12.2. The number of carbonyl (C=O) groups excluding carboxylic acids is 1. The molecule has 0 N–H and O–H groups in total. The Kier molecular flexibility index (Phi) is 4.90. The van der Waals surface area contributed by atoms with Crippen LogP contribution in [0.15, 0.2) is 24.3 Å². The monoisotopic (exact) mass is 229 g/mol. The van der Waals surface area contributed by atoms with E-state index >= 15 is 0 Å². The molecule has 0 heterocycles. The first-order valence-electron chi connectivity index (χ1n) is 6.04. The van der Waals surface area contributed by atoms with E-state index < -0.39 is 0 Å². The maximum absolute atomic E-state index is 11.8. The fourth-order valence-corrected chi connectivity index (χ4v) is 1.74. The number of ketones is 1. The topological polar surface area (TPSA) is 40.9 Å². The minimum atomic E-state index is -0.210. The molecule has 0 aliphatic rings. The molecule has 0 aliphatic carbocycles. The number of carbonyl (C=O) groups is 1. The first kappa shape index (κ1) is 13.4. The van der Waals surface area contributed by atoms with Crippen LogP contribution in [0.1, 0.15) is 43.1 Å². The van der Waals surface area contributed by atoms with E-state index in [9.17, 15) is 4.79 Å². The summed E-state index contributed by atoms with van der Waals surface area (Å²) in [6.07, 6.45) is 1.34. The number of nitrogens with zero attached hydrogens (tertiary/aromatic N) is 1. The van der Waals surface area contributed by atoms with Crippen LogP contribution >= 0.6 is 0 Å². The second kappa shape index (κ2) is 6.20. The van der Waals surface area contributed by atoms with Crippen molar-refractivity contribution >= 4 is 5.78 Å². The van der Waals surface area contributed by atoms with Crippen LogP contribution in [0.4, 0.5) is 0 Å². The molecule has 0 saturated carbocycles. The highest BCUT2D eigenvalue weighted by Crippen LogP contribution is 2.13. The third kappa shape index (κ3) is 4.40. The lowest BCUT2D eigenvalue weighted by Gasteiger charge is -2.06. The van der Waals surface area contributed by atoms with Gasteiger partial charge >= 0.3 is 0 Å². The van der Waals surface area contributed by atoms with Crippen molar-refractivity contribution in [3.8, 4) is 6.07 Å². The summed E-state index contributed by atoms with van der Waals surface area (Å²) in [4.78, 5) is 11.8. The quantitative estimate of drug-likeness (QED) is 0.723. The van der Waals surface area contributed by atoms with Crippen LogP contribution in [0.25, 0.3) is 0 Å². The average molecular weight is 229 g/mol. The van der Waals surface area contributed by atoms with Gasteiger partial charge in [0.2, 0.25) is 0 Å². The van der Waals surface area contributed by atoms with Crippen LogP contribution < -0.4 is 0 Å². The molecule has 1 aromatic carbocycles. The first-order valence-corrected chi connectivity index (χ1v) is 6.04. The second-order valence-electron chi connectivity index (χ2n) is 4.95. The van der Waals surface area contributed by atoms with Gasteiger partial charge in [-0.15, -0.1) is 0 Å². The Morgan fingerprint density at radius 1 is 1.24 bits per heavy atom. The van der Waals surface area contributed by atoms with Gasteiger partial charge in [0.05, 0.1) is 12.0 Å². The Hall–Kier alpha value is -1.62. The SMILES string of the molecule is CC(C)Cc1ccc(C(=O)CC(C)C#N)cc1. The molecule has 0 bridgehead atoms. The summed E-state index contributed by atoms with van der Waals surface area (Å²) in [5.41, 5.74) is 1.96. The molecule has 17 heavy (non-hydrogen) atoms. The summed E-state index contributed by atoms with van der Waals surface area (Å²) in [7, 11) is 0. The van der Waals surface area contributed by atoms with Gasteiger partial charge in [-0.1, -0.05) is 38.1 Å². The largest absolute Gasteiger partial charge is 0.294 e. The van der Waals surface area contributed by atoms with Crippen LogP contribution in [-0.2, 0) is 6.42 Å². The maximum Gasteiger partial charge on any atom is 0.164 e. The van der Waals surface area contributed by atoms with Crippen molar-refractivity contribution in [1.82, 2.24) is 0 Å². The molecule has 0 spiro atoms. The summed E-state index contributed by atoms with van der Waals surface area (Å²) < 4.78 is 0. The van der Waals surface area contributed by atoms with Crippen molar-refractivity contribution in [2.75, 3.05) is 0 Å². The standard InChI is InChI=1S/C15H19NO/c1-11(2)8-13-4-6-14(7-5-13)15(17)9-12(3)10-16/h4-7,11-12H,8-9H2,1-3H3. The van der Waals surface area contributed by atoms with Gasteiger partial charge in [0, 0.05) is 12.0 Å². The van der Waals surface area contributed by atoms with Crippen molar-refractivity contribution in [3.05, 3.63) is 35.4 Å². The molecular formula is C15H19NO. The van der Waals surface area contributed by atoms with Crippen LogP contribution in [0.2, 0.25) is 0 Å². The molecule has 0 saturated heterocycles. The highest BCUT2D eigenvalue weighted by molar-refractivity contribution is 5.96. The number of benzene rings is 1. The van der Waals surface area contributed by atoms with Crippen molar-refractivity contribution in [2.24, 2.45) is 11.8 Å². The van der Waals surface area contributed by atoms with Crippen molar-refractivity contribution in [1.29, 1.82) is 5.26 Å². The number of nitriles is 1. The lowest BCUT2D eigenvalue weighted by atomic mass is 9.97. The zero-order valence-corrected chi connectivity index (χ0v) is 10.7. The van der Waals surface area contributed by atoms with Gasteiger partial charge in [-0.05, 0) is 24.8 Å². The van der Waals surface area contributed by atoms with Gasteiger partial charge in [0.1, 0.15) is 0 Å². The minimum Gasteiger partial charge on any atom is -0.294 e. The maximum atomic E-state index is 11.8.